The number of nitrogens with zero attached hydrogens (tertiary/aromatic N) is 2. The van der Waals surface area contributed by atoms with E-state index in [2.05, 4.69) is 11.1 Å². The fraction of sp³-hybridized carbons (Fsp3) is 0.400. The number of sulfone groups is 1. The number of fused-ring (bicyclic) bond motifs is 1. The first-order valence-electron chi connectivity index (χ1n) is 10.9. The molecule has 168 valence electrons. The van der Waals surface area contributed by atoms with Crippen LogP contribution >= 0.6 is 0 Å². The predicted octanol–water partition coefficient (Wildman–Crippen LogP) is 4.50. The average molecular weight is 452 g/mol. The van der Waals surface area contributed by atoms with Crippen molar-refractivity contribution in [3.8, 4) is 6.07 Å². The van der Waals surface area contributed by atoms with E-state index in [1.54, 1.807) is 30.3 Å². The monoisotopic (exact) mass is 451 g/mol. The van der Waals surface area contributed by atoms with Gasteiger partial charge >= 0.3 is 0 Å². The molecule has 7 heteroatoms. The molecule has 0 bridgehead atoms. The second kappa shape index (κ2) is 9.07. The van der Waals surface area contributed by atoms with Crippen LogP contribution in [0.4, 0.5) is 0 Å². The Morgan fingerprint density at radius 3 is 2.50 bits per heavy atom. The molecule has 1 N–H and O–H groups in total. The molecule has 1 aromatic heterocycles. The van der Waals surface area contributed by atoms with Gasteiger partial charge in [-0.05, 0) is 69.6 Å². The molecular weight excluding hydrogens is 422 g/mol. The van der Waals surface area contributed by atoms with Crippen molar-refractivity contribution in [2.45, 2.75) is 48.2 Å². The van der Waals surface area contributed by atoms with Gasteiger partial charge < -0.3 is 9.72 Å². The van der Waals surface area contributed by atoms with Crippen LogP contribution in [0.25, 0.3) is 10.9 Å². The van der Waals surface area contributed by atoms with E-state index in [-0.39, 0.29) is 17.4 Å². The fourth-order valence-corrected chi connectivity index (χ4v) is 6.55. The average Bonchev–Trinajstić information content (AvgIpc) is 3.30. The van der Waals surface area contributed by atoms with Crippen LogP contribution in [0, 0.1) is 17.2 Å². The van der Waals surface area contributed by atoms with Crippen LogP contribution < -0.4 is 0 Å². The Morgan fingerprint density at radius 2 is 1.84 bits per heavy atom. The summed E-state index contributed by atoms with van der Waals surface area (Å²) in [6.45, 7) is 0.208. The Balaban J connectivity index is 1.62. The molecule has 1 heterocycles. The largest absolute Gasteiger partial charge is 0.361 e. The van der Waals surface area contributed by atoms with Gasteiger partial charge in [0.15, 0.2) is 5.44 Å². The van der Waals surface area contributed by atoms with Gasteiger partial charge in [0.05, 0.1) is 17.6 Å². The minimum atomic E-state index is -3.70. The van der Waals surface area contributed by atoms with Crippen molar-refractivity contribution in [3.05, 3.63) is 66.4 Å². The summed E-state index contributed by atoms with van der Waals surface area (Å²) in [7, 11) is 0.123. The van der Waals surface area contributed by atoms with Crippen LogP contribution in [0.1, 0.15) is 31.2 Å². The van der Waals surface area contributed by atoms with Crippen molar-refractivity contribution in [1.29, 1.82) is 5.26 Å². The lowest BCUT2D eigenvalue weighted by molar-refractivity contribution is 0.0233. The lowest BCUT2D eigenvalue weighted by atomic mass is 9.76. The van der Waals surface area contributed by atoms with Gasteiger partial charge in [0.25, 0.3) is 0 Å². The standard InChI is InChI=1S/C25H29N3O3S/c1-28(2)25(18-26)14-11-19(12-15-25)24(32(29,30)21-8-4-3-5-9-21)31-17-20-7-6-10-23-22(20)13-16-27-23/h3-10,13,16,19,24,27H,11-12,14-15,17H2,1-2H3. The quantitative estimate of drug-likeness (QED) is 0.572. The number of rotatable bonds is 7. The Bertz CT molecular complexity index is 1200. The van der Waals surface area contributed by atoms with Crippen LogP contribution in [0.5, 0.6) is 0 Å². The zero-order chi connectivity index (χ0) is 22.8. The third-order valence-corrected chi connectivity index (χ3v) is 8.83. The van der Waals surface area contributed by atoms with Crippen molar-refractivity contribution in [2.75, 3.05) is 14.1 Å². The molecular formula is C25H29N3O3S. The summed E-state index contributed by atoms with van der Waals surface area (Å²) in [5.74, 6) is -0.174. The molecule has 1 saturated carbocycles. The fourth-order valence-electron chi connectivity index (χ4n) is 4.72. The highest BCUT2D eigenvalue weighted by Crippen LogP contribution is 2.40. The number of H-pyrrole nitrogens is 1. The number of ether oxygens (including phenoxy) is 1. The van der Waals surface area contributed by atoms with E-state index in [9.17, 15) is 13.7 Å². The number of nitrogens with one attached hydrogen (secondary N) is 1. The third-order valence-electron chi connectivity index (χ3n) is 6.77. The van der Waals surface area contributed by atoms with E-state index in [0.29, 0.717) is 25.7 Å². The maximum atomic E-state index is 13.6. The molecule has 0 amide bonds. The summed E-state index contributed by atoms with van der Waals surface area (Å²) in [4.78, 5) is 5.41. The third kappa shape index (κ3) is 4.18. The second-order valence-corrected chi connectivity index (χ2v) is 10.8. The van der Waals surface area contributed by atoms with Crippen LogP contribution in [-0.2, 0) is 21.2 Å². The SMILES string of the molecule is CN(C)C1(C#N)CCC(C(OCc2cccc3[nH]ccc23)S(=O)(=O)c2ccccc2)CC1. The maximum Gasteiger partial charge on any atom is 0.205 e. The lowest BCUT2D eigenvalue weighted by Crippen LogP contribution is -2.48. The number of benzene rings is 2. The molecule has 1 aliphatic carbocycles. The molecule has 0 saturated heterocycles. The second-order valence-electron chi connectivity index (χ2n) is 8.77. The van der Waals surface area contributed by atoms with Gasteiger partial charge in [0, 0.05) is 23.0 Å². The molecule has 1 fully saturated rings. The van der Waals surface area contributed by atoms with Crippen molar-refractivity contribution in [2.24, 2.45) is 5.92 Å². The summed E-state index contributed by atoms with van der Waals surface area (Å²) in [5, 5.41) is 10.8. The van der Waals surface area contributed by atoms with Crippen LogP contribution in [0.3, 0.4) is 0 Å². The number of aromatic amines is 1. The highest BCUT2D eigenvalue weighted by molar-refractivity contribution is 7.92. The minimum absolute atomic E-state index is 0.174. The van der Waals surface area contributed by atoms with E-state index >= 15 is 0 Å². The predicted molar refractivity (Wildman–Crippen MR) is 124 cm³/mol. The normalized spacial score (nSPS) is 22.6. The molecule has 1 atom stereocenters. The van der Waals surface area contributed by atoms with Crippen LogP contribution in [0.15, 0.2) is 65.7 Å². The molecule has 3 aromatic rings. The first-order chi connectivity index (χ1) is 15.4. The van der Waals surface area contributed by atoms with Crippen molar-refractivity contribution < 1.29 is 13.2 Å². The van der Waals surface area contributed by atoms with E-state index in [4.69, 9.17) is 4.74 Å². The summed E-state index contributed by atoms with van der Waals surface area (Å²) >= 11 is 0. The topological polar surface area (TPSA) is 86.2 Å². The first-order valence-corrected chi connectivity index (χ1v) is 12.5. The minimum Gasteiger partial charge on any atom is -0.361 e. The van der Waals surface area contributed by atoms with Gasteiger partial charge in [-0.15, -0.1) is 0 Å². The summed E-state index contributed by atoms with van der Waals surface area (Å²) in [5.41, 5.74) is 0.440. The smallest absolute Gasteiger partial charge is 0.205 e. The summed E-state index contributed by atoms with van der Waals surface area (Å²) in [6, 6.07) is 18.9. The van der Waals surface area contributed by atoms with Gasteiger partial charge in [0.2, 0.25) is 9.84 Å². The van der Waals surface area contributed by atoms with Crippen LogP contribution in [-0.4, -0.2) is 43.4 Å². The Morgan fingerprint density at radius 1 is 1.12 bits per heavy atom. The first kappa shape index (κ1) is 22.5. The molecule has 2 aromatic carbocycles. The van der Waals surface area contributed by atoms with Gasteiger partial charge in [-0.2, -0.15) is 5.26 Å². The molecule has 32 heavy (non-hydrogen) atoms. The highest BCUT2D eigenvalue weighted by atomic mass is 32.2. The molecule has 0 aliphatic heterocycles. The maximum absolute atomic E-state index is 13.6. The Labute approximate surface area is 189 Å². The number of aromatic nitrogens is 1. The Hall–Kier alpha value is -2.66. The molecule has 1 aliphatic rings. The van der Waals surface area contributed by atoms with Gasteiger partial charge in [0.1, 0.15) is 5.54 Å². The van der Waals surface area contributed by atoms with E-state index in [1.165, 1.54) is 0 Å². The zero-order valence-corrected chi connectivity index (χ0v) is 19.3. The zero-order valence-electron chi connectivity index (χ0n) is 18.5. The number of nitriles is 1. The van der Waals surface area contributed by atoms with Crippen molar-refractivity contribution in [3.63, 3.8) is 0 Å². The van der Waals surface area contributed by atoms with Gasteiger partial charge in [-0.3, -0.25) is 4.90 Å². The summed E-state index contributed by atoms with van der Waals surface area (Å²) in [6.07, 6.45) is 4.36. The highest BCUT2D eigenvalue weighted by Gasteiger charge is 2.43. The van der Waals surface area contributed by atoms with E-state index in [1.807, 2.05) is 49.5 Å². The molecule has 4 rings (SSSR count). The van der Waals surface area contributed by atoms with Crippen molar-refractivity contribution >= 4 is 20.7 Å². The van der Waals surface area contributed by atoms with Crippen LogP contribution in [0.2, 0.25) is 0 Å². The molecule has 0 spiro atoms. The molecule has 1 unspecified atom stereocenters. The van der Waals surface area contributed by atoms with Crippen molar-refractivity contribution in [1.82, 2.24) is 9.88 Å². The number of hydrogen-bond acceptors (Lipinski definition) is 5. The molecule has 6 nitrogen and oxygen atoms in total. The number of hydrogen-bond donors (Lipinski definition) is 1. The van der Waals surface area contributed by atoms with Gasteiger partial charge in [-0.25, -0.2) is 8.42 Å². The Kier molecular flexibility index (Phi) is 6.38. The van der Waals surface area contributed by atoms with Gasteiger partial charge in [-0.1, -0.05) is 30.3 Å². The molecule has 0 radical (unpaired) electrons. The summed E-state index contributed by atoms with van der Waals surface area (Å²) < 4.78 is 33.5. The lowest BCUT2D eigenvalue weighted by Gasteiger charge is -2.41. The van der Waals surface area contributed by atoms with E-state index in [0.717, 1.165) is 16.5 Å². The van der Waals surface area contributed by atoms with E-state index < -0.39 is 20.8 Å².